The number of ether oxygens (including phenoxy) is 1. The molecule has 0 aromatic heterocycles. The van der Waals surface area contributed by atoms with Crippen molar-refractivity contribution in [2.45, 2.75) is 13.3 Å². The number of esters is 1. The number of benzene rings is 1. The molecule has 0 saturated carbocycles. The summed E-state index contributed by atoms with van der Waals surface area (Å²) in [6.45, 7) is 1.99. The molecule has 0 radical (unpaired) electrons. The minimum atomic E-state index is -0.301. The molecule has 0 amide bonds. The van der Waals surface area contributed by atoms with Gasteiger partial charge >= 0.3 is 5.97 Å². The van der Waals surface area contributed by atoms with Crippen molar-refractivity contribution < 1.29 is 9.53 Å². The van der Waals surface area contributed by atoms with Gasteiger partial charge in [0.05, 0.1) is 0 Å². The number of rotatable bonds is 3. The van der Waals surface area contributed by atoms with Gasteiger partial charge in [0.25, 0.3) is 0 Å². The Morgan fingerprint density at radius 2 is 2.21 bits per heavy atom. The third kappa shape index (κ3) is 4.25. The highest BCUT2D eigenvalue weighted by Gasteiger charge is 1.98. The zero-order valence-electron chi connectivity index (χ0n) is 8.03. The van der Waals surface area contributed by atoms with E-state index in [0.29, 0.717) is 12.3 Å². The first-order valence-corrected chi connectivity index (χ1v) is 4.20. The summed E-state index contributed by atoms with van der Waals surface area (Å²) in [5, 5.41) is 0. The monoisotopic (exact) mass is 215 g/mol. The van der Waals surface area contributed by atoms with Crippen LogP contribution in [0.15, 0.2) is 24.3 Å². The molecule has 14 heavy (non-hydrogen) atoms. The maximum absolute atomic E-state index is 10.6. The van der Waals surface area contributed by atoms with Crippen molar-refractivity contribution in [3.8, 4) is 5.75 Å². The molecule has 0 unspecified atom stereocenters. The molecular formula is C10H14ClNO2. The molecule has 0 saturated heterocycles. The van der Waals surface area contributed by atoms with Gasteiger partial charge in [0.15, 0.2) is 0 Å². The van der Waals surface area contributed by atoms with Crippen molar-refractivity contribution in [3.63, 3.8) is 0 Å². The van der Waals surface area contributed by atoms with Crippen LogP contribution in [0, 0.1) is 0 Å². The topological polar surface area (TPSA) is 52.3 Å². The van der Waals surface area contributed by atoms with Crippen LogP contribution in [-0.2, 0) is 11.2 Å². The van der Waals surface area contributed by atoms with Crippen molar-refractivity contribution >= 4 is 18.4 Å². The highest BCUT2D eigenvalue weighted by molar-refractivity contribution is 5.85. The number of carbonyl (C=O) groups excluding carboxylic acids is 1. The third-order valence-corrected chi connectivity index (χ3v) is 1.59. The Morgan fingerprint density at radius 1 is 1.50 bits per heavy atom. The fourth-order valence-electron chi connectivity index (χ4n) is 1.10. The molecule has 1 rings (SSSR count). The second kappa shape index (κ2) is 6.40. The summed E-state index contributed by atoms with van der Waals surface area (Å²) in [7, 11) is 0. The molecule has 0 aliphatic heterocycles. The van der Waals surface area contributed by atoms with Gasteiger partial charge in [0.1, 0.15) is 5.75 Å². The van der Waals surface area contributed by atoms with Crippen LogP contribution < -0.4 is 10.5 Å². The van der Waals surface area contributed by atoms with E-state index in [0.717, 1.165) is 12.0 Å². The maximum Gasteiger partial charge on any atom is 0.308 e. The molecule has 78 valence electrons. The lowest BCUT2D eigenvalue weighted by Gasteiger charge is -2.03. The van der Waals surface area contributed by atoms with Gasteiger partial charge in [-0.15, -0.1) is 12.4 Å². The van der Waals surface area contributed by atoms with Crippen LogP contribution in [-0.4, -0.2) is 12.5 Å². The lowest BCUT2D eigenvalue weighted by Crippen LogP contribution is -2.04. The predicted octanol–water partition coefficient (Wildman–Crippen LogP) is 1.53. The normalized spacial score (nSPS) is 9.00. The van der Waals surface area contributed by atoms with Gasteiger partial charge in [-0.2, -0.15) is 0 Å². The van der Waals surface area contributed by atoms with E-state index in [2.05, 4.69) is 0 Å². The summed E-state index contributed by atoms with van der Waals surface area (Å²) < 4.78 is 4.92. The number of carbonyl (C=O) groups is 1. The molecule has 0 heterocycles. The average Bonchev–Trinajstić information content (AvgIpc) is 2.04. The lowest BCUT2D eigenvalue weighted by molar-refractivity contribution is -0.131. The van der Waals surface area contributed by atoms with E-state index in [1.807, 2.05) is 18.2 Å². The number of hydrogen-bond donors (Lipinski definition) is 1. The molecule has 0 bridgehead atoms. The zero-order valence-corrected chi connectivity index (χ0v) is 8.84. The molecule has 2 N–H and O–H groups in total. The summed E-state index contributed by atoms with van der Waals surface area (Å²) in [6, 6.07) is 7.39. The van der Waals surface area contributed by atoms with Crippen molar-refractivity contribution in [1.82, 2.24) is 0 Å². The Kier molecular flexibility index (Phi) is 5.92. The fourth-order valence-corrected chi connectivity index (χ4v) is 1.10. The van der Waals surface area contributed by atoms with E-state index in [9.17, 15) is 4.79 Å². The number of hydrogen-bond acceptors (Lipinski definition) is 3. The van der Waals surface area contributed by atoms with Gasteiger partial charge < -0.3 is 10.5 Å². The Morgan fingerprint density at radius 3 is 2.79 bits per heavy atom. The first-order valence-electron chi connectivity index (χ1n) is 4.20. The molecule has 0 spiro atoms. The molecule has 3 nitrogen and oxygen atoms in total. The van der Waals surface area contributed by atoms with Crippen molar-refractivity contribution in [1.29, 1.82) is 0 Å². The average molecular weight is 216 g/mol. The van der Waals surface area contributed by atoms with Gasteiger partial charge in [0, 0.05) is 6.92 Å². The largest absolute Gasteiger partial charge is 0.427 e. The van der Waals surface area contributed by atoms with Gasteiger partial charge in [-0.25, -0.2) is 0 Å². The highest BCUT2D eigenvalue weighted by atomic mass is 35.5. The lowest BCUT2D eigenvalue weighted by atomic mass is 10.1. The fraction of sp³-hybridized carbons (Fsp3) is 0.300. The minimum Gasteiger partial charge on any atom is -0.427 e. The highest BCUT2D eigenvalue weighted by Crippen LogP contribution is 2.13. The smallest absolute Gasteiger partial charge is 0.308 e. The van der Waals surface area contributed by atoms with E-state index in [1.54, 1.807) is 6.07 Å². The first kappa shape index (κ1) is 12.9. The SMILES string of the molecule is CC(=O)Oc1cccc(CCN)c1.Cl. The molecule has 0 atom stereocenters. The molecular weight excluding hydrogens is 202 g/mol. The van der Waals surface area contributed by atoms with E-state index >= 15 is 0 Å². The second-order valence-electron chi connectivity index (χ2n) is 2.78. The second-order valence-corrected chi connectivity index (χ2v) is 2.78. The summed E-state index contributed by atoms with van der Waals surface area (Å²) >= 11 is 0. The van der Waals surface area contributed by atoms with E-state index in [4.69, 9.17) is 10.5 Å². The molecule has 0 fully saturated rings. The standard InChI is InChI=1S/C10H13NO2.ClH/c1-8(12)13-10-4-2-3-9(7-10)5-6-11;/h2-4,7H,5-6,11H2,1H3;1H. The van der Waals surface area contributed by atoms with Crippen molar-refractivity contribution in [2.75, 3.05) is 6.54 Å². The van der Waals surface area contributed by atoms with Crippen LogP contribution in [0.1, 0.15) is 12.5 Å². The Hall–Kier alpha value is -1.06. The third-order valence-electron chi connectivity index (χ3n) is 1.59. The van der Waals surface area contributed by atoms with Crippen LogP contribution in [0.2, 0.25) is 0 Å². The van der Waals surface area contributed by atoms with Crippen LogP contribution in [0.3, 0.4) is 0 Å². The van der Waals surface area contributed by atoms with Gasteiger partial charge in [-0.05, 0) is 30.7 Å². The molecule has 4 heteroatoms. The van der Waals surface area contributed by atoms with Crippen molar-refractivity contribution in [2.24, 2.45) is 5.73 Å². The number of halogens is 1. The van der Waals surface area contributed by atoms with E-state index in [1.165, 1.54) is 6.92 Å². The quantitative estimate of drug-likeness (QED) is 0.615. The molecule has 0 aliphatic carbocycles. The molecule has 1 aromatic rings. The first-order chi connectivity index (χ1) is 6.22. The van der Waals surface area contributed by atoms with Gasteiger partial charge in [0.2, 0.25) is 0 Å². The summed E-state index contributed by atoms with van der Waals surface area (Å²) in [5.74, 6) is 0.281. The summed E-state index contributed by atoms with van der Waals surface area (Å²) in [4.78, 5) is 10.6. The Bertz CT molecular complexity index is 302. The molecule has 1 aromatic carbocycles. The Labute approximate surface area is 89.7 Å². The van der Waals surface area contributed by atoms with Crippen molar-refractivity contribution in [3.05, 3.63) is 29.8 Å². The Balaban J connectivity index is 0.00000169. The predicted molar refractivity (Wildman–Crippen MR) is 57.8 cm³/mol. The number of nitrogens with two attached hydrogens (primary N) is 1. The zero-order chi connectivity index (χ0) is 9.68. The van der Waals surface area contributed by atoms with Gasteiger partial charge in [-0.3, -0.25) is 4.79 Å². The maximum atomic E-state index is 10.6. The van der Waals surface area contributed by atoms with E-state index < -0.39 is 0 Å². The summed E-state index contributed by atoms with van der Waals surface area (Å²) in [5.41, 5.74) is 6.49. The minimum absolute atomic E-state index is 0. The van der Waals surface area contributed by atoms with Crippen LogP contribution in [0.5, 0.6) is 5.75 Å². The van der Waals surface area contributed by atoms with Gasteiger partial charge in [-0.1, -0.05) is 12.1 Å². The summed E-state index contributed by atoms with van der Waals surface area (Å²) in [6.07, 6.45) is 0.801. The van der Waals surface area contributed by atoms with Crippen LogP contribution in [0.25, 0.3) is 0 Å². The van der Waals surface area contributed by atoms with Crippen LogP contribution >= 0.6 is 12.4 Å². The molecule has 0 aliphatic rings. The van der Waals surface area contributed by atoms with Crippen LogP contribution in [0.4, 0.5) is 0 Å². The van der Waals surface area contributed by atoms with E-state index in [-0.39, 0.29) is 18.4 Å².